The maximum atomic E-state index is 12.7. The minimum absolute atomic E-state index is 0.0963. The fourth-order valence-electron chi connectivity index (χ4n) is 4.00. The van der Waals surface area contributed by atoms with Crippen molar-refractivity contribution in [3.63, 3.8) is 0 Å². The molecule has 2 heterocycles. The SMILES string of the molecule is CC(C)N1C(=O)c2ccc(C(=O)NC3CCN(C(=O)Oc4ccccc4)CC3)cc2C1=O. The molecule has 1 N–H and O–H groups in total. The van der Waals surface area contributed by atoms with Gasteiger partial charge in [-0.1, -0.05) is 18.2 Å². The summed E-state index contributed by atoms with van der Waals surface area (Å²) in [5.74, 6) is -0.517. The van der Waals surface area contributed by atoms with Gasteiger partial charge in [-0.25, -0.2) is 4.79 Å². The molecule has 0 saturated carbocycles. The van der Waals surface area contributed by atoms with E-state index in [-0.39, 0.29) is 35.4 Å². The van der Waals surface area contributed by atoms with Gasteiger partial charge in [-0.05, 0) is 57.0 Å². The molecule has 2 aromatic carbocycles. The minimum Gasteiger partial charge on any atom is -0.410 e. The first-order valence-corrected chi connectivity index (χ1v) is 10.7. The van der Waals surface area contributed by atoms with Gasteiger partial charge in [-0.2, -0.15) is 0 Å². The number of likely N-dealkylation sites (tertiary alicyclic amines) is 1. The van der Waals surface area contributed by atoms with Crippen molar-refractivity contribution >= 4 is 23.8 Å². The molecule has 2 aliphatic heterocycles. The lowest BCUT2D eigenvalue weighted by Crippen LogP contribution is -2.47. The van der Waals surface area contributed by atoms with Crippen LogP contribution in [0.1, 0.15) is 57.8 Å². The second-order valence-electron chi connectivity index (χ2n) is 8.25. The smallest absolute Gasteiger partial charge is 0.410 e. The molecule has 0 atom stereocenters. The van der Waals surface area contributed by atoms with Gasteiger partial charge >= 0.3 is 6.09 Å². The number of carbonyl (C=O) groups is 4. The Morgan fingerprint density at radius 2 is 1.62 bits per heavy atom. The van der Waals surface area contributed by atoms with E-state index in [4.69, 9.17) is 4.74 Å². The number of nitrogens with zero attached hydrogens (tertiary/aromatic N) is 2. The van der Waals surface area contributed by atoms with Gasteiger partial charge in [0.2, 0.25) is 0 Å². The van der Waals surface area contributed by atoms with Crippen molar-refractivity contribution in [2.45, 2.75) is 38.8 Å². The molecule has 4 rings (SSSR count). The van der Waals surface area contributed by atoms with Gasteiger partial charge < -0.3 is 15.0 Å². The van der Waals surface area contributed by atoms with Crippen molar-refractivity contribution < 1.29 is 23.9 Å². The highest BCUT2D eigenvalue weighted by atomic mass is 16.6. The number of rotatable bonds is 4. The molecule has 1 fully saturated rings. The number of nitrogens with one attached hydrogen (secondary N) is 1. The molecule has 4 amide bonds. The Bertz CT molecular complexity index is 1060. The zero-order valence-electron chi connectivity index (χ0n) is 18.0. The Labute approximate surface area is 186 Å². The van der Waals surface area contributed by atoms with E-state index in [0.29, 0.717) is 42.8 Å². The topological polar surface area (TPSA) is 96.0 Å². The average Bonchev–Trinajstić information content (AvgIpc) is 3.04. The van der Waals surface area contributed by atoms with Crippen LogP contribution >= 0.6 is 0 Å². The van der Waals surface area contributed by atoms with Crippen LogP contribution in [0, 0.1) is 0 Å². The lowest BCUT2D eigenvalue weighted by atomic mass is 10.0. The second kappa shape index (κ2) is 8.82. The minimum atomic E-state index is -0.405. The number of imide groups is 1. The highest BCUT2D eigenvalue weighted by Gasteiger charge is 2.37. The van der Waals surface area contributed by atoms with Crippen LogP contribution in [-0.2, 0) is 0 Å². The molecule has 0 spiro atoms. The molecule has 2 aliphatic rings. The number of hydrogen-bond acceptors (Lipinski definition) is 5. The normalized spacial score (nSPS) is 16.3. The highest BCUT2D eigenvalue weighted by Crippen LogP contribution is 2.26. The molecule has 166 valence electrons. The van der Waals surface area contributed by atoms with Crippen LogP contribution in [0.2, 0.25) is 0 Å². The molecule has 0 aliphatic carbocycles. The zero-order valence-corrected chi connectivity index (χ0v) is 18.0. The van der Waals surface area contributed by atoms with E-state index < -0.39 is 6.09 Å². The lowest BCUT2D eigenvalue weighted by molar-refractivity contribution is 0.0608. The Balaban J connectivity index is 1.34. The monoisotopic (exact) mass is 435 g/mol. The molecule has 0 aromatic heterocycles. The van der Waals surface area contributed by atoms with Crippen LogP contribution in [0.5, 0.6) is 5.75 Å². The maximum Gasteiger partial charge on any atom is 0.415 e. The third-order valence-corrected chi connectivity index (χ3v) is 5.73. The van der Waals surface area contributed by atoms with E-state index >= 15 is 0 Å². The summed E-state index contributed by atoms with van der Waals surface area (Å²) in [6, 6.07) is 13.1. The van der Waals surface area contributed by atoms with E-state index in [0.717, 1.165) is 0 Å². The Morgan fingerprint density at radius 3 is 2.28 bits per heavy atom. The molecule has 0 bridgehead atoms. The summed E-state index contributed by atoms with van der Waals surface area (Å²) in [6.45, 7) is 4.49. The van der Waals surface area contributed by atoms with Crippen LogP contribution in [0.3, 0.4) is 0 Å². The van der Waals surface area contributed by atoms with Gasteiger partial charge in [0, 0.05) is 30.7 Å². The Kier molecular flexibility index (Phi) is 5.94. The predicted octanol–water partition coefficient (Wildman–Crippen LogP) is 3.08. The van der Waals surface area contributed by atoms with Gasteiger partial charge in [-0.15, -0.1) is 0 Å². The summed E-state index contributed by atoms with van der Waals surface area (Å²) >= 11 is 0. The summed E-state index contributed by atoms with van der Waals surface area (Å²) in [5, 5.41) is 2.97. The number of ether oxygens (including phenoxy) is 1. The number of hydrogen-bond donors (Lipinski definition) is 1. The predicted molar refractivity (Wildman–Crippen MR) is 117 cm³/mol. The highest BCUT2D eigenvalue weighted by molar-refractivity contribution is 6.22. The van der Waals surface area contributed by atoms with E-state index in [1.807, 2.05) is 6.07 Å². The van der Waals surface area contributed by atoms with Gasteiger partial charge in [0.15, 0.2) is 0 Å². The molecule has 2 aromatic rings. The molecule has 32 heavy (non-hydrogen) atoms. The van der Waals surface area contributed by atoms with E-state index in [9.17, 15) is 19.2 Å². The van der Waals surface area contributed by atoms with Gasteiger partial charge in [-0.3, -0.25) is 19.3 Å². The number of benzene rings is 2. The van der Waals surface area contributed by atoms with Crippen molar-refractivity contribution in [2.75, 3.05) is 13.1 Å². The fraction of sp³-hybridized carbons (Fsp3) is 0.333. The van der Waals surface area contributed by atoms with Crippen molar-refractivity contribution in [3.8, 4) is 5.75 Å². The number of piperidine rings is 1. The molecule has 0 radical (unpaired) electrons. The molecule has 1 saturated heterocycles. The summed E-state index contributed by atoms with van der Waals surface area (Å²) in [5.41, 5.74) is 0.918. The Morgan fingerprint density at radius 1 is 0.969 bits per heavy atom. The molecule has 8 heteroatoms. The number of para-hydroxylation sites is 1. The third-order valence-electron chi connectivity index (χ3n) is 5.73. The maximum absolute atomic E-state index is 12.7. The van der Waals surface area contributed by atoms with Crippen LogP contribution in [0.25, 0.3) is 0 Å². The summed E-state index contributed by atoms with van der Waals surface area (Å²) in [7, 11) is 0. The van der Waals surface area contributed by atoms with Crippen LogP contribution < -0.4 is 10.1 Å². The van der Waals surface area contributed by atoms with Crippen molar-refractivity contribution in [1.82, 2.24) is 15.1 Å². The zero-order chi connectivity index (χ0) is 22.8. The first-order valence-electron chi connectivity index (χ1n) is 10.7. The molecule has 8 nitrogen and oxygen atoms in total. The third kappa shape index (κ3) is 4.21. The quantitative estimate of drug-likeness (QED) is 0.745. The summed E-state index contributed by atoms with van der Waals surface area (Å²) in [6.07, 6.45) is 0.788. The standard InChI is InChI=1S/C24H25N3O5/c1-15(2)27-22(29)19-9-8-16(14-20(19)23(27)30)21(28)25-17-10-12-26(13-11-17)24(31)32-18-6-4-3-5-7-18/h3-9,14-15,17H,10-13H2,1-2H3,(H,25,28). The first-order chi connectivity index (χ1) is 15.3. The van der Waals surface area contributed by atoms with Crippen molar-refractivity contribution in [3.05, 3.63) is 65.2 Å². The molecular formula is C24H25N3O5. The largest absolute Gasteiger partial charge is 0.415 e. The van der Waals surface area contributed by atoms with Gasteiger partial charge in [0.05, 0.1) is 11.1 Å². The van der Waals surface area contributed by atoms with Crippen molar-refractivity contribution in [1.29, 1.82) is 0 Å². The van der Waals surface area contributed by atoms with Gasteiger partial charge in [0.1, 0.15) is 5.75 Å². The van der Waals surface area contributed by atoms with Crippen LogP contribution in [0.4, 0.5) is 4.79 Å². The van der Waals surface area contributed by atoms with E-state index in [2.05, 4.69) is 5.32 Å². The number of fused-ring (bicyclic) bond motifs is 1. The first kappa shape index (κ1) is 21.5. The Hall–Kier alpha value is -3.68. The summed E-state index contributed by atoms with van der Waals surface area (Å²) in [4.78, 5) is 52.9. The lowest BCUT2D eigenvalue weighted by Gasteiger charge is -2.31. The molecular weight excluding hydrogens is 410 g/mol. The second-order valence-corrected chi connectivity index (χ2v) is 8.25. The average molecular weight is 435 g/mol. The van der Waals surface area contributed by atoms with E-state index in [1.54, 1.807) is 49.1 Å². The number of carbonyl (C=O) groups excluding carboxylic acids is 4. The van der Waals surface area contributed by atoms with E-state index in [1.165, 1.54) is 17.0 Å². The van der Waals surface area contributed by atoms with Crippen molar-refractivity contribution in [2.24, 2.45) is 0 Å². The number of amides is 4. The van der Waals surface area contributed by atoms with Gasteiger partial charge in [0.25, 0.3) is 17.7 Å². The van der Waals surface area contributed by atoms with Crippen LogP contribution in [-0.4, -0.2) is 58.8 Å². The molecule has 0 unspecified atom stereocenters. The summed E-state index contributed by atoms with van der Waals surface area (Å²) < 4.78 is 5.36. The fourth-order valence-corrected chi connectivity index (χ4v) is 4.00. The van der Waals surface area contributed by atoms with Crippen LogP contribution in [0.15, 0.2) is 48.5 Å².